The zero-order chi connectivity index (χ0) is 14.4. The fraction of sp³-hybridized carbons (Fsp3) is 0.429. The molecule has 0 aliphatic carbocycles. The third-order valence-electron chi connectivity index (χ3n) is 2.71. The molecule has 0 unspecified atom stereocenters. The third-order valence-corrected chi connectivity index (χ3v) is 2.71. The lowest BCUT2D eigenvalue weighted by Crippen LogP contribution is -2.17. The summed E-state index contributed by atoms with van der Waals surface area (Å²) in [6.45, 7) is 2.96. The van der Waals surface area contributed by atoms with Gasteiger partial charge in [0.2, 0.25) is 11.9 Å². The summed E-state index contributed by atoms with van der Waals surface area (Å²) in [6, 6.07) is 3.94. The van der Waals surface area contributed by atoms with Crippen molar-refractivity contribution in [2.45, 2.75) is 19.8 Å². The molecule has 2 aromatic heterocycles. The molecule has 0 aromatic carbocycles. The fourth-order valence-electron chi connectivity index (χ4n) is 1.69. The van der Waals surface area contributed by atoms with Crippen molar-refractivity contribution in [1.29, 1.82) is 0 Å². The molecule has 0 spiro atoms. The summed E-state index contributed by atoms with van der Waals surface area (Å²) in [5, 5.41) is 3.21. The number of aromatic nitrogens is 4. The zero-order valence-corrected chi connectivity index (χ0v) is 12.2. The molecule has 0 radical (unpaired) electrons. The molecule has 2 heterocycles. The first kappa shape index (κ1) is 14.2. The van der Waals surface area contributed by atoms with E-state index < -0.39 is 0 Å². The van der Waals surface area contributed by atoms with Gasteiger partial charge in [-0.05, 0) is 24.1 Å². The minimum absolute atomic E-state index is 0.634. The highest BCUT2D eigenvalue weighted by atomic mass is 15.3. The first-order valence-corrected chi connectivity index (χ1v) is 6.74. The predicted molar refractivity (Wildman–Crippen MR) is 80.0 cm³/mol. The van der Waals surface area contributed by atoms with E-state index in [0.29, 0.717) is 18.3 Å². The minimum Gasteiger partial charge on any atom is -0.354 e. The number of nitrogens with zero attached hydrogens (tertiary/aromatic N) is 5. The first-order chi connectivity index (χ1) is 9.69. The lowest BCUT2D eigenvalue weighted by atomic mass is 10.2. The molecule has 6 heteroatoms. The number of pyridine rings is 1. The van der Waals surface area contributed by atoms with Crippen LogP contribution in [0.15, 0.2) is 24.5 Å². The van der Waals surface area contributed by atoms with Crippen molar-refractivity contribution in [1.82, 2.24) is 19.9 Å². The number of hydrogen-bond acceptors (Lipinski definition) is 6. The molecule has 106 valence electrons. The van der Waals surface area contributed by atoms with Gasteiger partial charge in [-0.1, -0.05) is 6.92 Å². The highest BCUT2D eigenvalue weighted by molar-refractivity contribution is 5.36. The van der Waals surface area contributed by atoms with E-state index in [1.165, 1.54) is 0 Å². The molecule has 1 N–H and O–H groups in total. The van der Waals surface area contributed by atoms with Crippen molar-refractivity contribution in [2.24, 2.45) is 0 Å². The second kappa shape index (κ2) is 6.79. The van der Waals surface area contributed by atoms with Crippen molar-refractivity contribution >= 4 is 11.9 Å². The second-order valence-corrected chi connectivity index (χ2v) is 4.73. The van der Waals surface area contributed by atoms with Gasteiger partial charge in [-0.2, -0.15) is 15.0 Å². The van der Waals surface area contributed by atoms with Crippen LogP contribution in [0.25, 0.3) is 0 Å². The average molecular weight is 272 g/mol. The van der Waals surface area contributed by atoms with Crippen LogP contribution >= 0.6 is 0 Å². The number of nitrogens with one attached hydrogen (secondary N) is 1. The predicted octanol–water partition coefficient (Wildman–Crippen LogP) is 1.75. The number of rotatable bonds is 6. The molecule has 0 saturated carbocycles. The van der Waals surface area contributed by atoms with Crippen LogP contribution in [0.4, 0.5) is 11.9 Å². The van der Waals surface area contributed by atoms with E-state index in [0.717, 1.165) is 24.4 Å². The Morgan fingerprint density at radius 3 is 2.50 bits per heavy atom. The molecule has 0 bridgehead atoms. The van der Waals surface area contributed by atoms with Crippen LogP contribution in [0.5, 0.6) is 0 Å². The van der Waals surface area contributed by atoms with Gasteiger partial charge < -0.3 is 10.2 Å². The lowest BCUT2D eigenvalue weighted by molar-refractivity contribution is 0.867. The van der Waals surface area contributed by atoms with Crippen LogP contribution in [0.2, 0.25) is 0 Å². The largest absolute Gasteiger partial charge is 0.354 e. The Bertz CT molecular complexity index is 541. The Labute approximate surface area is 119 Å². The molecular formula is C14H20N6. The van der Waals surface area contributed by atoms with E-state index in [-0.39, 0.29) is 0 Å². The van der Waals surface area contributed by atoms with Crippen LogP contribution in [-0.4, -0.2) is 40.6 Å². The zero-order valence-electron chi connectivity index (χ0n) is 12.2. The highest BCUT2D eigenvalue weighted by Crippen LogP contribution is 2.11. The van der Waals surface area contributed by atoms with E-state index in [1.54, 1.807) is 12.4 Å². The van der Waals surface area contributed by atoms with Crippen molar-refractivity contribution in [3.63, 3.8) is 0 Å². The summed E-state index contributed by atoms with van der Waals surface area (Å²) in [5.74, 6) is 2.06. The molecule has 2 rings (SSSR count). The van der Waals surface area contributed by atoms with Gasteiger partial charge in [-0.25, -0.2) is 0 Å². The summed E-state index contributed by atoms with van der Waals surface area (Å²) >= 11 is 0. The number of hydrogen-bond donors (Lipinski definition) is 1. The van der Waals surface area contributed by atoms with Gasteiger partial charge in [0.1, 0.15) is 5.82 Å². The van der Waals surface area contributed by atoms with Gasteiger partial charge in [0.05, 0.1) is 0 Å². The molecule has 0 saturated heterocycles. The van der Waals surface area contributed by atoms with Gasteiger partial charge in [0, 0.05) is 39.5 Å². The van der Waals surface area contributed by atoms with E-state index in [1.807, 2.05) is 31.1 Å². The van der Waals surface area contributed by atoms with Gasteiger partial charge in [0.15, 0.2) is 0 Å². The van der Waals surface area contributed by atoms with Crippen molar-refractivity contribution in [3.8, 4) is 0 Å². The van der Waals surface area contributed by atoms with E-state index in [2.05, 4.69) is 32.2 Å². The van der Waals surface area contributed by atoms with E-state index >= 15 is 0 Å². The maximum atomic E-state index is 4.48. The minimum atomic E-state index is 0.634. The van der Waals surface area contributed by atoms with Crippen LogP contribution < -0.4 is 10.2 Å². The molecule has 0 aliphatic rings. The van der Waals surface area contributed by atoms with E-state index in [9.17, 15) is 0 Å². The first-order valence-electron chi connectivity index (χ1n) is 6.74. The van der Waals surface area contributed by atoms with Crippen LogP contribution in [0, 0.1) is 0 Å². The van der Waals surface area contributed by atoms with Gasteiger partial charge in [-0.3, -0.25) is 4.98 Å². The Balaban J connectivity index is 2.24. The fourth-order valence-corrected chi connectivity index (χ4v) is 1.69. The molecule has 0 aliphatic heterocycles. The number of anilines is 2. The second-order valence-electron chi connectivity index (χ2n) is 4.73. The summed E-state index contributed by atoms with van der Waals surface area (Å²) in [6.07, 6.45) is 5.26. The normalized spacial score (nSPS) is 10.3. The summed E-state index contributed by atoms with van der Waals surface area (Å²) in [5.41, 5.74) is 1.14. The van der Waals surface area contributed by atoms with E-state index in [4.69, 9.17) is 0 Å². The Morgan fingerprint density at radius 2 is 1.85 bits per heavy atom. The molecule has 0 fully saturated rings. The van der Waals surface area contributed by atoms with Crippen molar-refractivity contribution in [3.05, 3.63) is 35.9 Å². The summed E-state index contributed by atoms with van der Waals surface area (Å²) < 4.78 is 0. The quantitative estimate of drug-likeness (QED) is 0.864. The molecular weight excluding hydrogens is 252 g/mol. The Hall–Kier alpha value is -2.24. The van der Waals surface area contributed by atoms with Crippen LogP contribution in [0.3, 0.4) is 0 Å². The van der Waals surface area contributed by atoms with Crippen LogP contribution in [0.1, 0.15) is 24.7 Å². The molecule has 0 atom stereocenters. The topological polar surface area (TPSA) is 66.8 Å². The summed E-state index contributed by atoms with van der Waals surface area (Å²) in [4.78, 5) is 19.2. The Kier molecular flexibility index (Phi) is 4.81. The maximum absolute atomic E-state index is 4.48. The molecule has 2 aromatic rings. The van der Waals surface area contributed by atoms with Gasteiger partial charge in [0.25, 0.3) is 0 Å². The molecule has 6 nitrogen and oxygen atoms in total. The molecule has 0 amide bonds. The van der Waals surface area contributed by atoms with Crippen molar-refractivity contribution in [2.75, 3.05) is 30.9 Å². The maximum Gasteiger partial charge on any atom is 0.229 e. The lowest BCUT2D eigenvalue weighted by Gasteiger charge is -2.13. The summed E-state index contributed by atoms with van der Waals surface area (Å²) in [7, 11) is 3.85. The standard InChI is InChI=1S/C14H20N6/c1-4-7-16-13-17-12(18-14(19-13)20(2)3)10-11-5-8-15-9-6-11/h5-6,8-9H,4,7,10H2,1-3H3,(H,16,17,18,19). The van der Waals surface area contributed by atoms with Gasteiger partial charge in [-0.15, -0.1) is 0 Å². The molecule has 20 heavy (non-hydrogen) atoms. The average Bonchev–Trinajstić information content (AvgIpc) is 2.46. The highest BCUT2D eigenvalue weighted by Gasteiger charge is 2.08. The third kappa shape index (κ3) is 3.88. The van der Waals surface area contributed by atoms with Gasteiger partial charge >= 0.3 is 0 Å². The van der Waals surface area contributed by atoms with Crippen molar-refractivity contribution < 1.29 is 0 Å². The van der Waals surface area contributed by atoms with Crippen LogP contribution in [-0.2, 0) is 6.42 Å². The Morgan fingerprint density at radius 1 is 1.10 bits per heavy atom. The monoisotopic (exact) mass is 272 g/mol. The SMILES string of the molecule is CCCNc1nc(Cc2ccncc2)nc(N(C)C)n1. The smallest absolute Gasteiger partial charge is 0.229 e.